The number of aliphatic hydroxyl groups is 1. The molecule has 1 saturated heterocycles. The van der Waals surface area contributed by atoms with Crippen LogP contribution in [0.4, 0.5) is 0 Å². The van der Waals surface area contributed by atoms with Crippen molar-refractivity contribution in [3.8, 4) is 5.75 Å². The van der Waals surface area contributed by atoms with Crippen LogP contribution in [-0.2, 0) is 6.42 Å². The maximum atomic E-state index is 13.1. The number of piperidine rings is 1. The van der Waals surface area contributed by atoms with Crippen LogP contribution in [0.1, 0.15) is 28.8 Å². The number of ether oxygens (including phenoxy) is 1. The molecule has 0 radical (unpaired) electrons. The molecule has 28 heavy (non-hydrogen) atoms. The van der Waals surface area contributed by atoms with E-state index in [0.717, 1.165) is 18.4 Å². The minimum absolute atomic E-state index is 0.0335. The summed E-state index contributed by atoms with van der Waals surface area (Å²) in [6, 6.07) is 14.9. The summed E-state index contributed by atoms with van der Waals surface area (Å²) in [5.41, 5.74) is 1.32. The number of benzene rings is 2. The summed E-state index contributed by atoms with van der Waals surface area (Å²) in [6.45, 7) is 5.28. The second-order valence-corrected chi connectivity index (χ2v) is 7.86. The van der Waals surface area contributed by atoms with E-state index >= 15 is 0 Å². The summed E-state index contributed by atoms with van der Waals surface area (Å²) in [5, 5.41) is 10.9. The van der Waals surface area contributed by atoms with E-state index in [1.807, 2.05) is 41.3 Å². The van der Waals surface area contributed by atoms with Gasteiger partial charge in [-0.25, -0.2) is 0 Å². The van der Waals surface area contributed by atoms with E-state index in [0.29, 0.717) is 42.5 Å². The molecule has 1 aliphatic heterocycles. The van der Waals surface area contributed by atoms with Gasteiger partial charge in [-0.05, 0) is 55.2 Å². The third kappa shape index (κ3) is 4.94. The number of carbonyl (C=O) groups excluding carboxylic acids is 1. The summed E-state index contributed by atoms with van der Waals surface area (Å²) in [7, 11) is 0. The number of halogens is 1. The summed E-state index contributed by atoms with van der Waals surface area (Å²) in [6.07, 6.45) is 4.10. The Morgan fingerprint density at radius 1 is 1.29 bits per heavy atom. The van der Waals surface area contributed by atoms with Crippen LogP contribution in [0.2, 0.25) is 5.02 Å². The molecule has 0 saturated carbocycles. The van der Waals surface area contributed by atoms with Crippen molar-refractivity contribution in [2.45, 2.75) is 19.3 Å². The van der Waals surface area contributed by atoms with Crippen LogP contribution >= 0.6 is 11.6 Å². The number of hydrogen-bond donors (Lipinski definition) is 1. The molecule has 148 valence electrons. The first kappa shape index (κ1) is 20.4. The summed E-state index contributed by atoms with van der Waals surface area (Å²) >= 11 is 6.12. The van der Waals surface area contributed by atoms with Gasteiger partial charge in [-0.3, -0.25) is 4.79 Å². The van der Waals surface area contributed by atoms with E-state index in [1.54, 1.807) is 18.2 Å². The minimum Gasteiger partial charge on any atom is -0.490 e. The van der Waals surface area contributed by atoms with Gasteiger partial charge in [-0.15, -0.1) is 0 Å². The van der Waals surface area contributed by atoms with E-state index in [9.17, 15) is 9.90 Å². The Hall–Kier alpha value is -2.30. The molecule has 1 unspecified atom stereocenters. The molecule has 5 heteroatoms. The third-order valence-corrected chi connectivity index (χ3v) is 5.44. The Balaban J connectivity index is 1.75. The van der Waals surface area contributed by atoms with Crippen molar-refractivity contribution in [2.75, 3.05) is 26.3 Å². The summed E-state index contributed by atoms with van der Waals surface area (Å²) in [5.74, 6) is 0.614. The highest BCUT2D eigenvalue weighted by Gasteiger charge is 2.37. The predicted molar refractivity (Wildman–Crippen MR) is 112 cm³/mol. The normalized spacial score (nSPS) is 19.3. The van der Waals surface area contributed by atoms with Gasteiger partial charge in [0.2, 0.25) is 0 Å². The second kappa shape index (κ2) is 9.26. The average Bonchev–Trinajstić information content (AvgIpc) is 2.72. The van der Waals surface area contributed by atoms with Gasteiger partial charge in [-0.1, -0.05) is 42.5 Å². The number of rotatable bonds is 7. The van der Waals surface area contributed by atoms with Crippen molar-refractivity contribution in [3.05, 3.63) is 77.3 Å². The van der Waals surface area contributed by atoms with Crippen molar-refractivity contribution >= 4 is 17.5 Å². The molecular formula is C23H26ClNO3. The maximum Gasteiger partial charge on any atom is 0.254 e. The van der Waals surface area contributed by atoms with Crippen LogP contribution in [0.25, 0.3) is 0 Å². The van der Waals surface area contributed by atoms with Gasteiger partial charge in [-0.2, -0.15) is 0 Å². The van der Waals surface area contributed by atoms with Gasteiger partial charge >= 0.3 is 0 Å². The summed E-state index contributed by atoms with van der Waals surface area (Å²) in [4.78, 5) is 14.9. The Labute approximate surface area is 171 Å². The Morgan fingerprint density at radius 3 is 2.86 bits per heavy atom. The second-order valence-electron chi connectivity index (χ2n) is 7.42. The van der Waals surface area contributed by atoms with Crippen LogP contribution < -0.4 is 4.74 Å². The van der Waals surface area contributed by atoms with Crippen LogP contribution in [0.3, 0.4) is 0 Å². The lowest BCUT2D eigenvalue weighted by Crippen LogP contribution is -2.49. The zero-order valence-electron chi connectivity index (χ0n) is 15.9. The van der Waals surface area contributed by atoms with E-state index in [4.69, 9.17) is 16.3 Å². The van der Waals surface area contributed by atoms with Crippen LogP contribution in [0.5, 0.6) is 5.75 Å². The highest BCUT2D eigenvalue weighted by molar-refractivity contribution is 6.30. The SMILES string of the molecule is C=CCOc1cccc(C(=O)N2CCCC(CO)(Cc3cccc(Cl)c3)C2)c1. The van der Waals surface area contributed by atoms with E-state index < -0.39 is 0 Å². The largest absolute Gasteiger partial charge is 0.490 e. The standard InChI is InChI=1S/C23H26ClNO3/c1-2-12-28-21-9-4-7-19(14-21)22(27)25-11-5-10-23(16-25,17-26)15-18-6-3-8-20(24)13-18/h2-4,6-9,13-14,26H,1,5,10-12,15-17H2. The lowest BCUT2D eigenvalue weighted by Gasteiger charge is -2.42. The topological polar surface area (TPSA) is 49.8 Å². The monoisotopic (exact) mass is 399 g/mol. The Bertz CT molecular complexity index is 838. The highest BCUT2D eigenvalue weighted by atomic mass is 35.5. The number of nitrogens with zero attached hydrogens (tertiary/aromatic N) is 1. The van der Waals surface area contributed by atoms with Crippen molar-refractivity contribution < 1.29 is 14.6 Å². The maximum absolute atomic E-state index is 13.1. The zero-order valence-corrected chi connectivity index (χ0v) is 16.7. The van der Waals surface area contributed by atoms with Gasteiger partial charge in [0.1, 0.15) is 12.4 Å². The zero-order chi connectivity index (χ0) is 20.0. The van der Waals surface area contributed by atoms with Gasteiger partial charge in [0.25, 0.3) is 5.91 Å². The van der Waals surface area contributed by atoms with E-state index in [1.165, 1.54) is 0 Å². The molecule has 1 heterocycles. The van der Waals surface area contributed by atoms with Crippen molar-refractivity contribution in [1.82, 2.24) is 4.90 Å². The molecule has 1 fully saturated rings. The minimum atomic E-state index is -0.352. The fourth-order valence-electron chi connectivity index (χ4n) is 3.85. The first-order chi connectivity index (χ1) is 13.5. The molecule has 2 aromatic rings. The quantitative estimate of drug-likeness (QED) is 0.703. The van der Waals surface area contributed by atoms with Crippen LogP contribution in [0, 0.1) is 5.41 Å². The molecule has 0 aliphatic carbocycles. The first-order valence-corrected chi connectivity index (χ1v) is 9.91. The molecule has 0 aromatic heterocycles. The summed E-state index contributed by atoms with van der Waals surface area (Å²) < 4.78 is 5.54. The van der Waals surface area contributed by atoms with Gasteiger partial charge in [0.15, 0.2) is 0 Å². The molecular weight excluding hydrogens is 374 g/mol. The fourth-order valence-corrected chi connectivity index (χ4v) is 4.06. The highest BCUT2D eigenvalue weighted by Crippen LogP contribution is 2.34. The molecule has 2 aromatic carbocycles. The number of aliphatic hydroxyl groups excluding tert-OH is 1. The van der Waals surface area contributed by atoms with Gasteiger partial charge in [0.05, 0.1) is 6.61 Å². The Kier molecular flexibility index (Phi) is 6.76. The number of carbonyl (C=O) groups is 1. The van der Waals surface area contributed by atoms with Gasteiger partial charge in [0, 0.05) is 29.1 Å². The third-order valence-electron chi connectivity index (χ3n) is 5.20. The van der Waals surface area contributed by atoms with E-state index in [2.05, 4.69) is 6.58 Å². The molecule has 3 rings (SSSR count). The molecule has 1 atom stereocenters. The molecule has 4 nitrogen and oxygen atoms in total. The van der Waals surface area contributed by atoms with E-state index in [-0.39, 0.29) is 17.9 Å². The number of likely N-dealkylation sites (tertiary alicyclic amines) is 1. The molecule has 0 spiro atoms. The fraction of sp³-hybridized carbons (Fsp3) is 0.348. The van der Waals surface area contributed by atoms with Crippen LogP contribution in [-0.4, -0.2) is 42.2 Å². The molecule has 0 bridgehead atoms. The lowest BCUT2D eigenvalue weighted by atomic mass is 9.75. The molecule has 1 amide bonds. The first-order valence-electron chi connectivity index (χ1n) is 9.54. The molecule has 1 N–H and O–H groups in total. The van der Waals surface area contributed by atoms with Gasteiger partial charge < -0.3 is 14.7 Å². The number of hydrogen-bond acceptors (Lipinski definition) is 3. The lowest BCUT2D eigenvalue weighted by molar-refractivity contribution is 0.0271. The Morgan fingerprint density at radius 2 is 2.11 bits per heavy atom. The van der Waals surface area contributed by atoms with Crippen molar-refractivity contribution in [1.29, 1.82) is 0 Å². The van der Waals surface area contributed by atoms with Crippen molar-refractivity contribution in [2.24, 2.45) is 5.41 Å². The molecule has 1 aliphatic rings. The predicted octanol–water partition coefficient (Wildman–Crippen LogP) is 4.36. The smallest absolute Gasteiger partial charge is 0.254 e. The number of amides is 1. The van der Waals surface area contributed by atoms with Crippen LogP contribution in [0.15, 0.2) is 61.2 Å². The van der Waals surface area contributed by atoms with Crippen molar-refractivity contribution in [3.63, 3.8) is 0 Å². The average molecular weight is 400 g/mol.